The minimum atomic E-state index is -4.68. The van der Waals surface area contributed by atoms with Crippen molar-refractivity contribution >= 4 is 27.5 Å². The van der Waals surface area contributed by atoms with Crippen molar-refractivity contribution in [2.45, 2.75) is 20.0 Å². The molecule has 0 bridgehead atoms. The van der Waals surface area contributed by atoms with Crippen molar-refractivity contribution < 1.29 is 18.0 Å². The Morgan fingerprint density at radius 1 is 1.12 bits per heavy atom. The molecule has 0 spiro atoms. The molecule has 4 aromatic rings. The summed E-state index contributed by atoms with van der Waals surface area (Å²) >= 11 is 1.25. The van der Waals surface area contributed by atoms with Gasteiger partial charge >= 0.3 is 6.18 Å². The van der Waals surface area contributed by atoms with Crippen LogP contribution in [-0.2, 0) is 6.18 Å². The Hall–Kier alpha value is -3.80. The average Bonchev–Trinajstić information content (AvgIpc) is 3.19. The monoisotopic (exact) mass is 461 g/mol. The molecule has 3 heterocycles. The van der Waals surface area contributed by atoms with E-state index in [1.807, 2.05) is 0 Å². The van der Waals surface area contributed by atoms with E-state index in [1.54, 1.807) is 11.4 Å². The molecule has 8 nitrogen and oxygen atoms in total. The van der Waals surface area contributed by atoms with Gasteiger partial charge in [0.15, 0.2) is 5.69 Å². The molecular weight excluding hydrogens is 447 g/mol. The van der Waals surface area contributed by atoms with Crippen LogP contribution in [-0.4, -0.2) is 25.3 Å². The molecule has 0 aliphatic carbocycles. The molecule has 0 aliphatic rings. The predicted molar refractivity (Wildman–Crippen MR) is 112 cm³/mol. The van der Waals surface area contributed by atoms with E-state index in [9.17, 15) is 27.6 Å². The Morgan fingerprint density at radius 3 is 2.56 bits per heavy atom. The van der Waals surface area contributed by atoms with Gasteiger partial charge in [-0.2, -0.15) is 18.3 Å². The predicted octanol–water partition coefficient (Wildman–Crippen LogP) is 3.02. The minimum absolute atomic E-state index is 0.0953. The topological polar surface area (TPSA) is 98.9 Å². The third kappa shape index (κ3) is 3.68. The summed E-state index contributed by atoms with van der Waals surface area (Å²) in [7, 11) is 0. The van der Waals surface area contributed by atoms with Crippen LogP contribution in [0.4, 0.5) is 13.2 Å². The van der Waals surface area contributed by atoms with Crippen molar-refractivity contribution in [3.63, 3.8) is 0 Å². The number of carbonyl (C=O) groups is 1. The number of alkyl halides is 3. The standard InChI is InChI=1S/C20H14F3N5O3S/c1-10-9-15(29)16(25-27(10)14-6-4-3-5-13(14)20(21,22)23)17(30)26-28-11(2)24-18-12(19(28)31)7-8-32-18/h3-9H,1-2H3,(H,26,30). The number of nitrogens with zero attached hydrogens (tertiary/aromatic N) is 4. The summed E-state index contributed by atoms with van der Waals surface area (Å²) in [6, 6.07) is 7.21. The van der Waals surface area contributed by atoms with Crippen LogP contribution in [0.15, 0.2) is 51.4 Å². The summed E-state index contributed by atoms with van der Waals surface area (Å²) in [5, 5.41) is 5.82. The zero-order valence-electron chi connectivity index (χ0n) is 16.6. The molecule has 0 saturated heterocycles. The summed E-state index contributed by atoms with van der Waals surface area (Å²) in [6.45, 7) is 2.88. The van der Waals surface area contributed by atoms with Crippen molar-refractivity contribution in [2.24, 2.45) is 0 Å². The largest absolute Gasteiger partial charge is 0.418 e. The normalized spacial score (nSPS) is 11.7. The van der Waals surface area contributed by atoms with Gasteiger partial charge in [-0.05, 0) is 37.4 Å². The molecule has 0 fully saturated rings. The molecule has 0 saturated carbocycles. The molecule has 3 aromatic heterocycles. The average molecular weight is 461 g/mol. The SMILES string of the molecule is Cc1cc(=O)c(C(=O)Nn2c(C)nc3sccc3c2=O)nn1-c1ccccc1C(F)(F)F. The fraction of sp³-hybridized carbons (Fsp3) is 0.150. The van der Waals surface area contributed by atoms with Gasteiger partial charge in [0.05, 0.1) is 16.6 Å². The first kappa shape index (κ1) is 21.4. The van der Waals surface area contributed by atoms with Crippen LogP contribution in [0.5, 0.6) is 0 Å². The third-order valence-corrected chi connectivity index (χ3v) is 5.45. The van der Waals surface area contributed by atoms with Crippen molar-refractivity contribution in [1.29, 1.82) is 0 Å². The van der Waals surface area contributed by atoms with Crippen LogP contribution in [0.2, 0.25) is 0 Å². The molecule has 4 rings (SSSR count). The van der Waals surface area contributed by atoms with Crippen LogP contribution < -0.4 is 16.4 Å². The number of thiophene rings is 1. The fourth-order valence-corrected chi connectivity index (χ4v) is 3.95. The summed E-state index contributed by atoms with van der Waals surface area (Å²) in [4.78, 5) is 42.6. The number of carbonyl (C=O) groups excluding carboxylic acids is 1. The maximum Gasteiger partial charge on any atom is 0.418 e. The van der Waals surface area contributed by atoms with Crippen molar-refractivity contribution in [1.82, 2.24) is 19.4 Å². The van der Waals surface area contributed by atoms with E-state index in [2.05, 4.69) is 15.5 Å². The van der Waals surface area contributed by atoms with Gasteiger partial charge < -0.3 is 0 Å². The van der Waals surface area contributed by atoms with E-state index < -0.39 is 34.3 Å². The first-order valence-corrected chi connectivity index (χ1v) is 10.0. The van der Waals surface area contributed by atoms with Gasteiger partial charge in [-0.15, -0.1) is 11.3 Å². The molecule has 1 N–H and O–H groups in total. The quantitative estimate of drug-likeness (QED) is 0.506. The van der Waals surface area contributed by atoms with E-state index in [0.717, 1.165) is 21.5 Å². The Kier molecular flexibility index (Phi) is 5.17. The molecule has 1 aromatic carbocycles. The Bertz CT molecular complexity index is 1490. The number of amides is 1. The molecule has 0 radical (unpaired) electrons. The lowest BCUT2D eigenvalue weighted by molar-refractivity contribution is -0.137. The molecule has 1 amide bonds. The maximum atomic E-state index is 13.5. The van der Waals surface area contributed by atoms with Gasteiger partial charge in [0, 0.05) is 11.8 Å². The number of hydrogen-bond acceptors (Lipinski definition) is 6. The molecule has 12 heteroatoms. The minimum Gasteiger partial charge on any atom is -0.287 e. The second-order valence-corrected chi connectivity index (χ2v) is 7.70. The fourth-order valence-electron chi connectivity index (χ4n) is 3.15. The zero-order chi connectivity index (χ0) is 23.2. The number of halogens is 3. The van der Waals surface area contributed by atoms with Crippen molar-refractivity contribution in [3.05, 3.63) is 85.1 Å². The smallest absolute Gasteiger partial charge is 0.287 e. The molecule has 32 heavy (non-hydrogen) atoms. The Labute approximate surface area is 181 Å². The maximum absolute atomic E-state index is 13.5. The molecule has 0 unspecified atom stereocenters. The second-order valence-electron chi connectivity index (χ2n) is 6.81. The van der Waals surface area contributed by atoms with E-state index in [-0.39, 0.29) is 22.6 Å². The summed E-state index contributed by atoms with van der Waals surface area (Å²) in [5.41, 5.74) is -1.01. The van der Waals surface area contributed by atoms with E-state index in [0.29, 0.717) is 4.83 Å². The number of aryl methyl sites for hydroxylation is 2. The second kappa shape index (κ2) is 7.71. The number of fused-ring (bicyclic) bond motifs is 1. The summed E-state index contributed by atoms with van der Waals surface area (Å²) < 4.78 is 42.1. The number of aromatic nitrogens is 4. The van der Waals surface area contributed by atoms with Gasteiger partial charge in [-0.3, -0.25) is 19.8 Å². The number of rotatable bonds is 3. The van der Waals surface area contributed by atoms with Gasteiger partial charge in [-0.1, -0.05) is 12.1 Å². The lowest BCUT2D eigenvalue weighted by Gasteiger charge is -2.17. The highest BCUT2D eigenvalue weighted by Gasteiger charge is 2.34. The highest BCUT2D eigenvalue weighted by atomic mass is 32.1. The molecule has 0 atom stereocenters. The highest BCUT2D eigenvalue weighted by Crippen LogP contribution is 2.33. The lowest BCUT2D eigenvalue weighted by atomic mass is 10.1. The van der Waals surface area contributed by atoms with E-state index >= 15 is 0 Å². The van der Waals surface area contributed by atoms with Gasteiger partial charge in [0.2, 0.25) is 5.43 Å². The van der Waals surface area contributed by atoms with Gasteiger partial charge in [0.25, 0.3) is 11.5 Å². The zero-order valence-corrected chi connectivity index (χ0v) is 17.4. The molecular formula is C20H14F3N5O3S. The summed E-state index contributed by atoms with van der Waals surface area (Å²) in [5.74, 6) is -0.900. The van der Waals surface area contributed by atoms with E-state index in [4.69, 9.17) is 0 Å². The van der Waals surface area contributed by atoms with Crippen LogP contribution in [0, 0.1) is 13.8 Å². The first-order chi connectivity index (χ1) is 15.1. The number of benzene rings is 1. The third-order valence-electron chi connectivity index (χ3n) is 4.64. The van der Waals surface area contributed by atoms with Gasteiger partial charge in [-0.25, -0.2) is 14.3 Å². The Balaban J connectivity index is 1.81. The van der Waals surface area contributed by atoms with Crippen molar-refractivity contribution in [2.75, 3.05) is 5.43 Å². The van der Waals surface area contributed by atoms with Crippen LogP contribution in [0.3, 0.4) is 0 Å². The first-order valence-electron chi connectivity index (χ1n) is 9.13. The van der Waals surface area contributed by atoms with Gasteiger partial charge in [0.1, 0.15) is 10.7 Å². The Morgan fingerprint density at radius 2 is 1.84 bits per heavy atom. The van der Waals surface area contributed by atoms with E-state index in [1.165, 1.54) is 43.4 Å². The highest BCUT2D eigenvalue weighted by molar-refractivity contribution is 7.16. The van der Waals surface area contributed by atoms with Crippen LogP contribution in [0.1, 0.15) is 27.6 Å². The lowest BCUT2D eigenvalue weighted by Crippen LogP contribution is -2.38. The van der Waals surface area contributed by atoms with Crippen molar-refractivity contribution in [3.8, 4) is 5.69 Å². The number of nitrogens with one attached hydrogen (secondary N) is 1. The summed E-state index contributed by atoms with van der Waals surface area (Å²) in [6.07, 6.45) is -4.68. The van der Waals surface area contributed by atoms with Crippen LogP contribution >= 0.6 is 11.3 Å². The number of hydrogen-bond donors (Lipinski definition) is 1. The molecule has 0 aliphatic heterocycles. The molecule has 164 valence electrons. The number of para-hydroxylation sites is 1. The van der Waals surface area contributed by atoms with Crippen LogP contribution in [0.25, 0.3) is 15.9 Å².